The van der Waals surface area contributed by atoms with Gasteiger partial charge in [0, 0.05) is 13.0 Å². The van der Waals surface area contributed by atoms with E-state index >= 15 is 0 Å². The summed E-state index contributed by atoms with van der Waals surface area (Å²) in [5.41, 5.74) is 12.3. The highest BCUT2D eigenvalue weighted by Gasteiger charge is 2.42. The number of nitrogens with one attached hydrogen (secondary N) is 1. The summed E-state index contributed by atoms with van der Waals surface area (Å²) < 4.78 is 49.6. The average molecular weight is 947 g/mol. The first-order chi connectivity index (χ1) is 31.3. The fourth-order valence-electron chi connectivity index (χ4n) is 7.84. The molecule has 9 rings (SSSR count). The number of hydrogen-bond donors (Lipinski definition) is 3. The third-order valence-corrected chi connectivity index (χ3v) is 14.7. The van der Waals surface area contributed by atoms with Gasteiger partial charge in [0.05, 0.1) is 36.8 Å². The number of carboxylic acids is 1. The number of nitrogens with two attached hydrogens (primary N) is 1. The van der Waals surface area contributed by atoms with Crippen molar-refractivity contribution in [3.05, 3.63) is 165 Å². The van der Waals surface area contributed by atoms with Crippen LogP contribution in [0.25, 0.3) is 21.3 Å². The first-order valence-corrected chi connectivity index (χ1v) is 23.2. The van der Waals surface area contributed by atoms with Crippen LogP contribution >= 0.6 is 34.5 Å². The molecular weight excluding hydrogens is 910 g/mol. The zero-order chi connectivity index (χ0) is 45.4. The van der Waals surface area contributed by atoms with Gasteiger partial charge in [-0.25, -0.2) is 18.2 Å². The molecule has 65 heavy (non-hydrogen) atoms. The van der Waals surface area contributed by atoms with E-state index in [4.69, 9.17) is 48.4 Å². The molecule has 0 radical (unpaired) electrons. The number of ether oxygens (including phenoxy) is 3. The van der Waals surface area contributed by atoms with Crippen LogP contribution in [0.4, 0.5) is 5.13 Å². The number of halogens is 2. The molecular formula is C48H37Cl2N5O8S2. The number of rotatable bonds is 12. The quantitative estimate of drug-likeness (QED) is 0.106. The summed E-state index contributed by atoms with van der Waals surface area (Å²) in [6.07, 6.45) is -0.640. The smallest absolute Gasteiger partial charge is 0.326 e. The van der Waals surface area contributed by atoms with Crippen molar-refractivity contribution in [2.45, 2.75) is 49.1 Å². The zero-order valence-corrected chi connectivity index (χ0v) is 37.3. The highest BCUT2D eigenvalue weighted by atomic mass is 35.5. The normalized spacial score (nSPS) is 16.3. The standard InChI is InChI=1S/C48H37Cl2N5O8S2/c49-37-15-5-29(17-38(37)50)25-61-35-12-10-32(11-13-35)44-26-62-42-20-33-19-41(46(56)53-40(47(57)58)18-27-1-6-30(7-2-27)31-8-3-28(23-51)4-9-31)55(24-34(33)21-43(42)63-44)65(59,60)36-14-16-39-45(22-36)64-48(52)54-39/h1-17,20-22,40-41,44H,18-19,24-26H2,(H2,52,54)(H,53,56)(H,57,58)/t40-,41-,44?/m0/s1. The molecule has 3 heterocycles. The van der Waals surface area contributed by atoms with E-state index in [1.807, 2.05) is 54.6 Å². The molecule has 0 bridgehead atoms. The predicted molar refractivity (Wildman–Crippen MR) is 247 cm³/mol. The second-order valence-corrected chi connectivity index (χ2v) is 19.3. The SMILES string of the molecule is N#Cc1ccc(-c2ccc(C[C@H](NC(=O)[C@@H]3Cc4cc5c(cc4CN3S(=O)(=O)c3ccc4nc(N)sc4c3)OC(c3ccc(OCc4ccc(Cl)c(Cl)c4)cc3)CO5)C(=O)O)cc2)cc1. The molecule has 3 atom stereocenters. The van der Waals surface area contributed by atoms with Gasteiger partial charge in [0.15, 0.2) is 22.7 Å². The molecule has 13 nitrogen and oxygen atoms in total. The van der Waals surface area contributed by atoms with Gasteiger partial charge in [0.2, 0.25) is 15.9 Å². The van der Waals surface area contributed by atoms with Crippen LogP contribution in [0.5, 0.6) is 17.2 Å². The number of carboxylic acid groups (broad SMARTS) is 1. The maximum absolute atomic E-state index is 14.7. The largest absolute Gasteiger partial charge is 0.489 e. The number of nitrogen functional groups attached to an aromatic ring is 1. The number of thiazole rings is 1. The second-order valence-electron chi connectivity index (χ2n) is 15.5. The van der Waals surface area contributed by atoms with Crippen LogP contribution < -0.4 is 25.3 Å². The number of hydrogen-bond acceptors (Lipinski definition) is 11. The molecule has 2 aliphatic heterocycles. The van der Waals surface area contributed by atoms with Crippen molar-refractivity contribution in [1.82, 2.24) is 14.6 Å². The molecule has 2 aliphatic rings. The molecule has 6 aromatic carbocycles. The monoisotopic (exact) mass is 945 g/mol. The summed E-state index contributed by atoms with van der Waals surface area (Å²) in [5, 5.41) is 23.3. The third kappa shape index (κ3) is 9.31. The van der Waals surface area contributed by atoms with E-state index < -0.39 is 40.1 Å². The predicted octanol–water partition coefficient (Wildman–Crippen LogP) is 8.74. The van der Waals surface area contributed by atoms with Crippen molar-refractivity contribution in [2.75, 3.05) is 12.3 Å². The first-order valence-electron chi connectivity index (χ1n) is 20.2. The summed E-state index contributed by atoms with van der Waals surface area (Å²) in [6, 6.07) is 34.3. The van der Waals surface area contributed by atoms with Gasteiger partial charge in [-0.1, -0.05) is 89.1 Å². The number of nitrogens with zero attached hydrogens (tertiary/aromatic N) is 3. The van der Waals surface area contributed by atoms with Crippen LogP contribution in [0.2, 0.25) is 10.0 Å². The number of carbonyl (C=O) groups excluding carboxylic acids is 1. The number of amides is 1. The van der Waals surface area contributed by atoms with Gasteiger partial charge in [-0.2, -0.15) is 9.57 Å². The maximum atomic E-state index is 14.7. The topological polar surface area (TPSA) is 194 Å². The molecule has 0 fully saturated rings. The molecule has 1 aromatic heterocycles. The van der Waals surface area contributed by atoms with Gasteiger partial charge < -0.3 is 30.4 Å². The number of nitriles is 1. The van der Waals surface area contributed by atoms with Crippen molar-refractivity contribution in [1.29, 1.82) is 5.26 Å². The summed E-state index contributed by atoms with van der Waals surface area (Å²) in [4.78, 5) is 31.2. The van der Waals surface area contributed by atoms with Gasteiger partial charge in [-0.05, 0) is 112 Å². The third-order valence-electron chi connectivity index (χ3n) is 11.3. The average Bonchev–Trinajstić information content (AvgIpc) is 3.70. The number of carbonyl (C=O) groups is 2. The number of anilines is 1. The number of sulfonamides is 1. The van der Waals surface area contributed by atoms with E-state index in [0.29, 0.717) is 66.4 Å². The lowest BCUT2D eigenvalue weighted by molar-refractivity contribution is -0.142. The van der Waals surface area contributed by atoms with Gasteiger partial charge in [-0.3, -0.25) is 4.79 Å². The Bertz CT molecular complexity index is 3120. The Morgan fingerprint density at radius 3 is 2.32 bits per heavy atom. The van der Waals surface area contributed by atoms with E-state index in [0.717, 1.165) is 37.9 Å². The number of aliphatic carboxylic acids is 1. The van der Waals surface area contributed by atoms with E-state index in [2.05, 4.69) is 16.4 Å². The van der Waals surface area contributed by atoms with E-state index in [1.54, 1.807) is 54.6 Å². The summed E-state index contributed by atoms with van der Waals surface area (Å²) >= 11 is 13.3. The second kappa shape index (κ2) is 18.1. The summed E-state index contributed by atoms with van der Waals surface area (Å²) in [6.45, 7) is 0.247. The van der Waals surface area contributed by atoms with Gasteiger partial charge in [-0.15, -0.1) is 0 Å². The van der Waals surface area contributed by atoms with Crippen LogP contribution in [-0.2, 0) is 45.6 Å². The highest BCUT2D eigenvalue weighted by molar-refractivity contribution is 7.89. The molecule has 0 aliphatic carbocycles. The van der Waals surface area contributed by atoms with Gasteiger partial charge >= 0.3 is 5.97 Å². The zero-order valence-electron chi connectivity index (χ0n) is 34.1. The van der Waals surface area contributed by atoms with Crippen molar-refractivity contribution in [3.63, 3.8) is 0 Å². The van der Waals surface area contributed by atoms with Crippen LogP contribution in [0.1, 0.15) is 39.5 Å². The highest BCUT2D eigenvalue weighted by Crippen LogP contribution is 2.42. The molecule has 17 heteroatoms. The molecule has 7 aromatic rings. The number of fused-ring (bicyclic) bond motifs is 3. The molecule has 328 valence electrons. The van der Waals surface area contributed by atoms with E-state index in [1.165, 1.54) is 12.1 Å². The summed E-state index contributed by atoms with van der Waals surface area (Å²) in [5.74, 6) is -0.597. The Kier molecular flexibility index (Phi) is 12.1. The van der Waals surface area contributed by atoms with Crippen LogP contribution in [0.3, 0.4) is 0 Å². The Morgan fingerprint density at radius 2 is 1.62 bits per heavy atom. The molecule has 0 spiro atoms. The Labute approximate surface area is 387 Å². The van der Waals surface area contributed by atoms with E-state index in [-0.39, 0.29) is 36.0 Å². The van der Waals surface area contributed by atoms with Crippen molar-refractivity contribution >= 4 is 71.8 Å². The van der Waals surface area contributed by atoms with Crippen molar-refractivity contribution in [3.8, 4) is 34.4 Å². The van der Waals surface area contributed by atoms with Crippen LogP contribution in [-0.4, -0.2) is 53.4 Å². The lowest BCUT2D eigenvalue weighted by Crippen LogP contribution is -2.55. The molecule has 1 amide bonds. The molecule has 0 saturated carbocycles. The fraction of sp³-hybridized carbons (Fsp3) is 0.167. The minimum atomic E-state index is -4.39. The van der Waals surface area contributed by atoms with Crippen molar-refractivity contribution < 1.29 is 37.3 Å². The Morgan fingerprint density at radius 1 is 0.908 bits per heavy atom. The van der Waals surface area contributed by atoms with Gasteiger partial charge in [0.1, 0.15) is 31.0 Å². The molecule has 4 N–H and O–H groups in total. The number of aromatic nitrogens is 1. The first kappa shape index (κ1) is 43.6. The minimum Gasteiger partial charge on any atom is -0.489 e. The fourth-order valence-corrected chi connectivity index (χ4v) is 10.6. The lowest BCUT2D eigenvalue weighted by Gasteiger charge is -2.36. The minimum absolute atomic E-state index is 0.0669. The van der Waals surface area contributed by atoms with Crippen molar-refractivity contribution in [2.24, 2.45) is 0 Å². The summed E-state index contributed by atoms with van der Waals surface area (Å²) in [7, 11) is -4.39. The Balaban J connectivity index is 0.954. The maximum Gasteiger partial charge on any atom is 0.326 e. The number of benzene rings is 6. The van der Waals surface area contributed by atoms with Crippen LogP contribution in [0, 0.1) is 11.3 Å². The Hall–Kier alpha value is -6.67. The molecule has 1 unspecified atom stereocenters. The lowest BCUT2D eigenvalue weighted by atomic mass is 9.93. The van der Waals surface area contributed by atoms with Crippen LogP contribution in [0.15, 0.2) is 126 Å². The van der Waals surface area contributed by atoms with E-state index in [9.17, 15) is 23.1 Å². The molecule has 0 saturated heterocycles. The van der Waals surface area contributed by atoms with Gasteiger partial charge in [0.25, 0.3) is 0 Å².